The molecule has 1 aromatic heterocycles. The monoisotopic (exact) mass is 454 g/mol. The second-order valence-electron chi connectivity index (χ2n) is 8.21. The van der Waals surface area contributed by atoms with Crippen LogP contribution in [0.2, 0.25) is 0 Å². The fraction of sp³-hybridized carbons (Fsp3) is 0.417. The van der Waals surface area contributed by atoms with Gasteiger partial charge in [-0.3, -0.25) is 14.4 Å². The van der Waals surface area contributed by atoms with E-state index in [2.05, 4.69) is 10.6 Å². The van der Waals surface area contributed by atoms with E-state index in [0.717, 1.165) is 38.5 Å². The van der Waals surface area contributed by atoms with E-state index < -0.39 is 23.4 Å². The molecule has 33 heavy (non-hydrogen) atoms. The van der Waals surface area contributed by atoms with Crippen LogP contribution < -0.4 is 10.6 Å². The molecule has 0 unspecified atom stereocenters. The number of nitriles is 1. The predicted molar refractivity (Wildman–Crippen MR) is 119 cm³/mol. The van der Waals surface area contributed by atoms with Gasteiger partial charge in [-0.2, -0.15) is 5.26 Å². The minimum atomic E-state index is -0.717. The third-order valence-corrected chi connectivity index (χ3v) is 6.02. The van der Waals surface area contributed by atoms with Gasteiger partial charge in [0.15, 0.2) is 0 Å². The van der Waals surface area contributed by atoms with Crippen molar-refractivity contribution in [2.75, 3.05) is 25.1 Å². The molecule has 2 heterocycles. The number of hydrogen-bond acceptors (Lipinski definition) is 5. The van der Waals surface area contributed by atoms with Gasteiger partial charge in [0.2, 0.25) is 0 Å². The first-order valence-electron chi connectivity index (χ1n) is 10.8. The van der Waals surface area contributed by atoms with Crippen LogP contribution in [0, 0.1) is 36.9 Å². The quantitative estimate of drug-likeness (QED) is 0.362. The number of nitrogens with one attached hydrogen (secondary N) is 2. The molecule has 2 amide bonds. The highest BCUT2D eigenvalue weighted by atomic mass is 19.1. The Kier molecular flexibility index (Phi) is 7.61. The van der Waals surface area contributed by atoms with Crippen molar-refractivity contribution in [1.29, 1.82) is 5.26 Å². The van der Waals surface area contributed by atoms with Crippen LogP contribution in [-0.2, 0) is 16.6 Å². The summed E-state index contributed by atoms with van der Waals surface area (Å²) in [7, 11) is 1.62. The van der Waals surface area contributed by atoms with E-state index in [-0.39, 0.29) is 22.5 Å². The summed E-state index contributed by atoms with van der Waals surface area (Å²) in [5.41, 5.74) is 1.32. The summed E-state index contributed by atoms with van der Waals surface area (Å²) in [4.78, 5) is 38.2. The van der Waals surface area contributed by atoms with E-state index in [9.17, 15) is 18.8 Å². The number of amides is 2. The maximum Gasteiger partial charge on any atom is 0.294 e. The van der Waals surface area contributed by atoms with Gasteiger partial charge in [-0.25, -0.2) is 4.39 Å². The zero-order valence-corrected chi connectivity index (χ0v) is 19.0. The molecule has 9 heteroatoms. The number of Topliss-reactive ketones (excluding diaryl/α,β-unsaturated/α-hetero) is 1. The molecule has 0 saturated carbocycles. The van der Waals surface area contributed by atoms with Crippen LogP contribution in [0.5, 0.6) is 0 Å². The SMILES string of the molecule is Cc1c(C(=O)Nc2ccc(F)c(C#N)c2)c(C)n(C)c1C(=O)C(=O)NCCC[C@@H]1CCOC1. The van der Waals surface area contributed by atoms with E-state index in [0.29, 0.717) is 23.7 Å². The van der Waals surface area contributed by atoms with Crippen molar-refractivity contribution in [2.45, 2.75) is 33.1 Å². The standard InChI is InChI=1S/C24H27FN4O4/c1-14-20(23(31)28-18-6-7-19(25)17(11-18)12-26)15(2)29(3)21(14)22(30)24(32)27-9-4-5-16-8-10-33-13-16/h6-7,11,16H,4-5,8-10,13H2,1-3H3,(H,27,32)(H,28,31)/t16-/m1/s1. The topological polar surface area (TPSA) is 113 Å². The Labute approximate surface area is 191 Å². The van der Waals surface area contributed by atoms with Crippen molar-refractivity contribution in [2.24, 2.45) is 13.0 Å². The van der Waals surface area contributed by atoms with Gasteiger partial charge in [0, 0.05) is 38.2 Å². The molecule has 174 valence electrons. The Bertz CT molecular complexity index is 1130. The minimum Gasteiger partial charge on any atom is -0.381 e. The molecule has 8 nitrogen and oxygen atoms in total. The largest absolute Gasteiger partial charge is 0.381 e. The molecule has 0 aliphatic carbocycles. The molecule has 2 aromatic rings. The lowest BCUT2D eigenvalue weighted by molar-refractivity contribution is -0.117. The Morgan fingerprint density at radius 1 is 1.30 bits per heavy atom. The third-order valence-electron chi connectivity index (χ3n) is 6.02. The Balaban J connectivity index is 1.70. The average Bonchev–Trinajstić information content (AvgIpc) is 3.38. The van der Waals surface area contributed by atoms with Crippen molar-refractivity contribution in [3.63, 3.8) is 0 Å². The normalized spacial score (nSPS) is 15.2. The highest BCUT2D eigenvalue weighted by molar-refractivity contribution is 6.43. The minimum absolute atomic E-state index is 0.135. The van der Waals surface area contributed by atoms with Crippen molar-refractivity contribution in [1.82, 2.24) is 9.88 Å². The van der Waals surface area contributed by atoms with Crippen molar-refractivity contribution in [3.8, 4) is 6.07 Å². The Hall–Kier alpha value is -3.51. The van der Waals surface area contributed by atoms with Gasteiger partial charge in [-0.05, 0) is 62.8 Å². The van der Waals surface area contributed by atoms with Crippen LogP contribution in [-0.4, -0.2) is 41.9 Å². The van der Waals surface area contributed by atoms with Crippen molar-refractivity contribution >= 4 is 23.3 Å². The number of carbonyl (C=O) groups is 3. The number of ketones is 1. The number of rotatable bonds is 8. The molecule has 0 radical (unpaired) electrons. The Morgan fingerprint density at radius 2 is 2.06 bits per heavy atom. The zero-order valence-electron chi connectivity index (χ0n) is 19.0. The number of ether oxygens (including phenoxy) is 1. The Morgan fingerprint density at radius 3 is 2.73 bits per heavy atom. The first-order valence-corrected chi connectivity index (χ1v) is 10.8. The number of carbonyl (C=O) groups excluding carboxylic acids is 3. The molecule has 3 rings (SSSR count). The molecule has 0 spiro atoms. The summed E-state index contributed by atoms with van der Waals surface area (Å²) in [5.74, 6) is -2.13. The predicted octanol–water partition coefficient (Wildman–Crippen LogP) is 3.02. The summed E-state index contributed by atoms with van der Waals surface area (Å²) in [6.45, 7) is 5.19. The fourth-order valence-corrected chi connectivity index (χ4v) is 4.11. The molecule has 1 aromatic carbocycles. The number of benzene rings is 1. The van der Waals surface area contributed by atoms with Gasteiger partial charge >= 0.3 is 0 Å². The molecule has 1 fully saturated rings. The van der Waals surface area contributed by atoms with Gasteiger partial charge in [-0.15, -0.1) is 0 Å². The lowest BCUT2D eigenvalue weighted by atomic mass is 10.0. The molecular weight excluding hydrogens is 427 g/mol. The van der Waals surface area contributed by atoms with E-state index >= 15 is 0 Å². The lowest BCUT2D eigenvalue weighted by Gasteiger charge is -2.09. The van der Waals surface area contributed by atoms with E-state index in [1.54, 1.807) is 27.0 Å². The van der Waals surface area contributed by atoms with E-state index in [4.69, 9.17) is 10.00 Å². The van der Waals surface area contributed by atoms with Crippen LogP contribution >= 0.6 is 0 Å². The molecule has 0 bridgehead atoms. The van der Waals surface area contributed by atoms with Gasteiger partial charge in [0.1, 0.15) is 11.9 Å². The van der Waals surface area contributed by atoms with E-state index in [1.165, 1.54) is 16.7 Å². The van der Waals surface area contributed by atoms with Crippen LogP contribution in [0.3, 0.4) is 0 Å². The lowest BCUT2D eigenvalue weighted by Crippen LogP contribution is -2.33. The number of nitrogens with zero attached hydrogens (tertiary/aromatic N) is 2. The molecule has 1 aliphatic rings. The second-order valence-corrected chi connectivity index (χ2v) is 8.21. The van der Waals surface area contributed by atoms with Gasteiger partial charge in [-0.1, -0.05) is 0 Å². The second kappa shape index (κ2) is 10.4. The van der Waals surface area contributed by atoms with Gasteiger partial charge in [0.05, 0.1) is 16.8 Å². The summed E-state index contributed by atoms with van der Waals surface area (Å²) < 4.78 is 20.4. The van der Waals surface area contributed by atoms with Crippen LogP contribution in [0.4, 0.5) is 10.1 Å². The molecule has 1 atom stereocenters. The molecule has 1 aliphatic heterocycles. The fourth-order valence-electron chi connectivity index (χ4n) is 4.11. The van der Waals surface area contributed by atoms with Gasteiger partial charge in [0.25, 0.3) is 17.6 Å². The maximum absolute atomic E-state index is 13.5. The molecule has 1 saturated heterocycles. The number of hydrogen-bond donors (Lipinski definition) is 2. The highest BCUT2D eigenvalue weighted by Gasteiger charge is 2.28. The molecule has 2 N–H and O–H groups in total. The van der Waals surface area contributed by atoms with Gasteiger partial charge < -0.3 is 19.9 Å². The van der Waals surface area contributed by atoms with Crippen molar-refractivity contribution < 1.29 is 23.5 Å². The van der Waals surface area contributed by atoms with Crippen LogP contribution in [0.25, 0.3) is 0 Å². The zero-order chi connectivity index (χ0) is 24.1. The number of aromatic nitrogens is 1. The highest BCUT2D eigenvalue weighted by Crippen LogP contribution is 2.24. The summed E-state index contributed by atoms with van der Waals surface area (Å²) in [6, 6.07) is 5.40. The van der Waals surface area contributed by atoms with Crippen LogP contribution in [0.1, 0.15) is 56.9 Å². The number of halogens is 1. The molecular formula is C24H27FN4O4. The average molecular weight is 455 g/mol. The number of anilines is 1. The summed E-state index contributed by atoms with van der Waals surface area (Å²) >= 11 is 0. The first-order chi connectivity index (χ1) is 15.7. The first kappa shape index (κ1) is 24.1. The maximum atomic E-state index is 13.5. The third kappa shape index (κ3) is 5.29. The van der Waals surface area contributed by atoms with Crippen molar-refractivity contribution in [3.05, 3.63) is 52.1 Å². The van der Waals surface area contributed by atoms with Crippen LogP contribution in [0.15, 0.2) is 18.2 Å². The smallest absolute Gasteiger partial charge is 0.294 e. The van der Waals surface area contributed by atoms with E-state index in [1.807, 2.05) is 0 Å². The summed E-state index contributed by atoms with van der Waals surface area (Å²) in [5, 5.41) is 14.3. The summed E-state index contributed by atoms with van der Waals surface area (Å²) in [6.07, 6.45) is 2.71.